The zero-order valence-corrected chi connectivity index (χ0v) is 13.5. The van der Waals surface area contributed by atoms with Crippen LogP contribution in [0, 0.1) is 0 Å². The molecule has 1 amide bonds. The van der Waals surface area contributed by atoms with Gasteiger partial charge in [-0.25, -0.2) is 0 Å². The number of carbonyl (C=O) groups excluding carboxylic acids is 1. The molecule has 1 aliphatic heterocycles. The molecule has 0 saturated carbocycles. The number of carbonyl (C=O) groups is 1. The number of nitrogens with zero attached hydrogens (tertiary/aromatic N) is 4. The van der Waals surface area contributed by atoms with E-state index in [4.69, 9.17) is 0 Å². The van der Waals surface area contributed by atoms with E-state index in [2.05, 4.69) is 37.3 Å². The summed E-state index contributed by atoms with van der Waals surface area (Å²) in [6, 6.07) is 0. The number of aromatic nitrogens is 2. The molecule has 1 saturated heterocycles. The Hall–Kier alpha value is -0.530. The van der Waals surface area contributed by atoms with Crippen LogP contribution in [0.15, 0.2) is 0 Å². The highest BCUT2D eigenvalue weighted by molar-refractivity contribution is 9.09. The molecule has 0 aliphatic carbocycles. The smallest absolute Gasteiger partial charge is 0.267 e. The van der Waals surface area contributed by atoms with Crippen molar-refractivity contribution in [3.63, 3.8) is 0 Å². The molecular weight excluding hydrogens is 328 g/mol. The summed E-state index contributed by atoms with van der Waals surface area (Å²) in [5.41, 5.74) is 0.861. The van der Waals surface area contributed by atoms with E-state index < -0.39 is 0 Å². The molecule has 0 N–H and O–H groups in total. The Labute approximate surface area is 126 Å². The molecule has 1 fully saturated rings. The molecule has 1 aromatic rings. The van der Waals surface area contributed by atoms with Gasteiger partial charge in [-0.05, 0) is 18.0 Å². The third kappa shape index (κ3) is 3.73. The maximum Gasteiger partial charge on any atom is 0.267 e. The van der Waals surface area contributed by atoms with E-state index in [1.165, 1.54) is 11.5 Å². The van der Waals surface area contributed by atoms with Crippen molar-refractivity contribution in [1.29, 1.82) is 0 Å². The Morgan fingerprint density at radius 1 is 1.37 bits per heavy atom. The third-order valence-corrected chi connectivity index (χ3v) is 4.41. The average Bonchev–Trinajstić information content (AvgIpc) is 2.88. The predicted octanol–water partition coefficient (Wildman–Crippen LogP) is 1.64. The highest BCUT2D eigenvalue weighted by Crippen LogP contribution is 2.16. The zero-order chi connectivity index (χ0) is 13.7. The summed E-state index contributed by atoms with van der Waals surface area (Å²) in [4.78, 5) is 17.5. The second-order valence-electron chi connectivity index (χ2n) is 4.62. The van der Waals surface area contributed by atoms with Gasteiger partial charge in [-0.3, -0.25) is 9.69 Å². The maximum atomic E-state index is 12.4. The van der Waals surface area contributed by atoms with Crippen LogP contribution >= 0.6 is 27.5 Å². The fourth-order valence-corrected chi connectivity index (χ4v) is 3.39. The molecule has 106 valence electrons. The van der Waals surface area contributed by atoms with Gasteiger partial charge in [0.25, 0.3) is 5.91 Å². The summed E-state index contributed by atoms with van der Waals surface area (Å²) >= 11 is 4.68. The van der Waals surface area contributed by atoms with Crippen LogP contribution in [-0.4, -0.2) is 63.3 Å². The van der Waals surface area contributed by atoms with Gasteiger partial charge < -0.3 is 4.90 Å². The minimum atomic E-state index is 0.108. The van der Waals surface area contributed by atoms with E-state index >= 15 is 0 Å². The van der Waals surface area contributed by atoms with Crippen LogP contribution in [0.4, 0.5) is 0 Å². The van der Waals surface area contributed by atoms with Crippen molar-refractivity contribution in [3.8, 4) is 0 Å². The largest absolute Gasteiger partial charge is 0.335 e. The molecule has 0 bridgehead atoms. The molecular formula is C12H19BrN4OS. The zero-order valence-electron chi connectivity index (χ0n) is 11.1. The first kappa shape index (κ1) is 14.9. The van der Waals surface area contributed by atoms with E-state index in [0.717, 1.165) is 61.5 Å². The van der Waals surface area contributed by atoms with Crippen LogP contribution in [0.3, 0.4) is 0 Å². The van der Waals surface area contributed by atoms with Crippen molar-refractivity contribution in [2.45, 2.75) is 19.8 Å². The van der Waals surface area contributed by atoms with Crippen molar-refractivity contribution in [2.75, 3.05) is 38.1 Å². The number of hydrogen-bond donors (Lipinski definition) is 0. The lowest BCUT2D eigenvalue weighted by atomic mass is 10.2. The van der Waals surface area contributed by atoms with Crippen LogP contribution in [0.2, 0.25) is 0 Å². The van der Waals surface area contributed by atoms with E-state index in [0.29, 0.717) is 0 Å². The van der Waals surface area contributed by atoms with Gasteiger partial charge in [-0.1, -0.05) is 33.8 Å². The lowest BCUT2D eigenvalue weighted by Crippen LogP contribution is -2.49. The maximum absolute atomic E-state index is 12.4. The number of alkyl halides is 1. The first-order valence-corrected chi connectivity index (χ1v) is 8.54. The summed E-state index contributed by atoms with van der Waals surface area (Å²) in [6.45, 7) is 6.64. The normalized spacial score (nSPS) is 16.8. The van der Waals surface area contributed by atoms with Crippen molar-refractivity contribution >= 4 is 33.4 Å². The van der Waals surface area contributed by atoms with Gasteiger partial charge in [0, 0.05) is 38.1 Å². The van der Waals surface area contributed by atoms with Crippen LogP contribution in [0.5, 0.6) is 0 Å². The van der Waals surface area contributed by atoms with Gasteiger partial charge in [-0.15, -0.1) is 5.10 Å². The van der Waals surface area contributed by atoms with Crippen molar-refractivity contribution in [3.05, 3.63) is 10.6 Å². The first-order valence-electron chi connectivity index (χ1n) is 6.65. The average molecular weight is 347 g/mol. The van der Waals surface area contributed by atoms with Crippen molar-refractivity contribution < 1.29 is 4.79 Å². The Morgan fingerprint density at radius 3 is 2.74 bits per heavy atom. The highest BCUT2D eigenvalue weighted by Gasteiger charge is 2.25. The van der Waals surface area contributed by atoms with Crippen molar-refractivity contribution in [2.24, 2.45) is 0 Å². The minimum Gasteiger partial charge on any atom is -0.335 e. The molecule has 1 aliphatic rings. The summed E-state index contributed by atoms with van der Waals surface area (Å²) in [5, 5.41) is 5.06. The van der Waals surface area contributed by atoms with Crippen molar-refractivity contribution in [1.82, 2.24) is 19.4 Å². The number of rotatable bonds is 5. The van der Waals surface area contributed by atoms with Gasteiger partial charge in [0.2, 0.25) is 0 Å². The molecule has 19 heavy (non-hydrogen) atoms. The molecule has 0 aromatic carbocycles. The van der Waals surface area contributed by atoms with Gasteiger partial charge in [-0.2, -0.15) is 0 Å². The molecule has 7 heteroatoms. The van der Waals surface area contributed by atoms with Crippen LogP contribution < -0.4 is 0 Å². The fourth-order valence-electron chi connectivity index (χ4n) is 2.21. The lowest BCUT2D eigenvalue weighted by molar-refractivity contribution is 0.0648. The van der Waals surface area contributed by atoms with E-state index in [9.17, 15) is 4.79 Å². The molecule has 2 heterocycles. The van der Waals surface area contributed by atoms with Gasteiger partial charge >= 0.3 is 0 Å². The Kier molecular flexibility index (Phi) is 5.72. The number of amides is 1. The number of piperazine rings is 1. The number of aryl methyl sites for hydroxylation is 1. The number of hydrogen-bond acceptors (Lipinski definition) is 5. The number of halogens is 1. The predicted molar refractivity (Wildman–Crippen MR) is 80.0 cm³/mol. The van der Waals surface area contributed by atoms with Gasteiger partial charge in [0.1, 0.15) is 4.88 Å². The monoisotopic (exact) mass is 346 g/mol. The quantitative estimate of drug-likeness (QED) is 0.760. The minimum absolute atomic E-state index is 0.108. The molecule has 1 aromatic heterocycles. The SMILES string of the molecule is CCCc1nnsc1C(=O)N1CCN(CCBr)CC1. The van der Waals surface area contributed by atoms with Crippen LogP contribution in [0.25, 0.3) is 0 Å². The topological polar surface area (TPSA) is 49.3 Å². The Morgan fingerprint density at radius 2 is 2.11 bits per heavy atom. The highest BCUT2D eigenvalue weighted by atomic mass is 79.9. The van der Waals surface area contributed by atoms with E-state index in [-0.39, 0.29) is 5.91 Å². The lowest BCUT2D eigenvalue weighted by Gasteiger charge is -2.34. The van der Waals surface area contributed by atoms with Crippen LogP contribution in [-0.2, 0) is 6.42 Å². The summed E-state index contributed by atoms with van der Waals surface area (Å²) in [6.07, 6.45) is 1.83. The molecule has 5 nitrogen and oxygen atoms in total. The second-order valence-corrected chi connectivity index (χ2v) is 6.17. The second kappa shape index (κ2) is 7.31. The molecule has 0 atom stereocenters. The molecule has 2 rings (SSSR count). The summed E-state index contributed by atoms with van der Waals surface area (Å²) in [7, 11) is 0. The Bertz CT molecular complexity index is 418. The van der Waals surface area contributed by atoms with Gasteiger partial charge in [0.15, 0.2) is 0 Å². The van der Waals surface area contributed by atoms with Crippen LogP contribution in [0.1, 0.15) is 28.7 Å². The van der Waals surface area contributed by atoms with Gasteiger partial charge in [0.05, 0.1) is 5.69 Å². The standard InChI is InChI=1S/C12H19BrN4OS/c1-2-3-10-11(19-15-14-10)12(18)17-8-6-16(5-4-13)7-9-17/h2-9H2,1H3. The molecule has 0 spiro atoms. The van der Waals surface area contributed by atoms with E-state index in [1.807, 2.05) is 4.90 Å². The molecule has 0 unspecified atom stereocenters. The summed E-state index contributed by atoms with van der Waals surface area (Å²) in [5.74, 6) is 0.108. The first-order chi connectivity index (χ1) is 9.26. The van der Waals surface area contributed by atoms with E-state index in [1.54, 1.807) is 0 Å². The third-order valence-electron chi connectivity index (χ3n) is 3.30. The summed E-state index contributed by atoms with van der Waals surface area (Å²) < 4.78 is 3.93. The fraction of sp³-hybridized carbons (Fsp3) is 0.750. The molecule has 0 radical (unpaired) electrons. The Balaban J connectivity index is 1.95.